The molecule has 0 fully saturated rings. The lowest BCUT2D eigenvalue weighted by Gasteiger charge is -2.26. The summed E-state index contributed by atoms with van der Waals surface area (Å²) in [6, 6.07) is 10.1. The van der Waals surface area contributed by atoms with Crippen molar-refractivity contribution in [1.82, 2.24) is 24.7 Å². The fourth-order valence-corrected chi connectivity index (χ4v) is 4.01. The maximum Gasteiger partial charge on any atom is 0.416 e. The SMILES string of the molecule is COc1ccc(Cn2cnc(-c3nccnc3C(C)(Cl)c3ccc(C(F)(F)F)cc3C(N)=O)n2)cc1. The van der Waals surface area contributed by atoms with E-state index in [-0.39, 0.29) is 28.3 Å². The number of alkyl halides is 4. The highest BCUT2D eigenvalue weighted by Crippen LogP contribution is 2.41. The third-order valence-electron chi connectivity index (χ3n) is 5.51. The molecule has 8 nitrogen and oxygen atoms in total. The Morgan fingerprint density at radius 2 is 1.78 bits per heavy atom. The van der Waals surface area contributed by atoms with Gasteiger partial charge >= 0.3 is 6.18 Å². The molecule has 2 aromatic carbocycles. The molecule has 0 aliphatic carbocycles. The molecule has 1 amide bonds. The van der Waals surface area contributed by atoms with E-state index in [9.17, 15) is 18.0 Å². The number of halogens is 4. The van der Waals surface area contributed by atoms with E-state index in [1.165, 1.54) is 25.6 Å². The van der Waals surface area contributed by atoms with Crippen LogP contribution in [0.4, 0.5) is 13.2 Å². The van der Waals surface area contributed by atoms with Crippen LogP contribution in [0, 0.1) is 0 Å². The summed E-state index contributed by atoms with van der Waals surface area (Å²) in [7, 11) is 1.58. The highest BCUT2D eigenvalue weighted by atomic mass is 35.5. The van der Waals surface area contributed by atoms with E-state index in [1.54, 1.807) is 11.8 Å². The summed E-state index contributed by atoms with van der Waals surface area (Å²) >= 11 is 6.86. The number of ether oxygens (including phenoxy) is 1. The molecule has 4 rings (SSSR count). The highest BCUT2D eigenvalue weighted by Gasteiger charge is 2.38. The van der Waals surface area contributed by atoms with Gasteiger partial charge in [0.25, 0.3) is 0 Å². The summed E-state index contributed by atoms with van der Waals surface area (Å²) < 4.78 is 46.4. The Bertz CT molecular complexity index is 1400. The first-order valence-electron chi connectivity index (χ1n) is 10.6. The van der Waals surface area contributed by atoms with Crippen LogP contribution in [0.1, 0.15) is 39.7 Å². The summed E-state index contributed by atoms with van der Waals surface area (Å²) in [6.45, 7) is 1.90. The molecule has 0 bridgehead atoms. The third-order valence-corrected chi connectivity index (χ3v) is 5.90. The van der Waals surface area contributed by atoms with Gasteiger partial charge in [0.15, 0.2) is 0 Å². The number of benzene rings is 2. The van der Waals surface area contributed by atoms with Gasteiger partial charge in [0, 0.05) is 18.0 Å². The quantitative estimate of drug-likeness (QED) is 0.364. The van der Waals surface area contributed by atoms with Gasteiger partial charge in [-0.05, 0) is 42.3 Å². The van der Waals surface area contributed by atoms with Gasteiger partial charge in [-0.15, -0.1) is 16.7 Å². The Hall–Kier alpha value is -3.99. The predicted molar refractivity (Wildman–Crippen MR) is 125 cm³/mol. The lowest BCUT2D eigenvalue weighted by Crippen LogP contribution is -2.26. The van der Waals surface area contributed by atoms with Gasteiger partial charge < -0.3 is 10.5 Å². The molecule has 0 saturated heterocycles. The van der Waals surface area contributed by atoms with Crippen molar-refractivity contribution in [3.63, 3.8) is 0 Å². The van der Waals surface area contributed by atoms with Crippen LogP contribution in [-0.2, 0) is 17.6 Å². The van der Waals surface area contributed by atoms with Crippen LogP contribution in [0.25, 0.3) is 11.5 Å². The smallest absolute Gasteiger partial charge is 0.416 e. The molecule has 4 aromatic rings. The summed E-state index contributed by atoms with van der Waals surface area (Å²) in [5.74, 6) is -0.136. The predicted octanol–water partition coefficient (Wildman–Crippen LogP) is 4.41. The molecule has 0 saturated carbocycles. The minimum absolute atomic E-state index is 0.0454. The van der Waals surface area contributed by atoms with Crippen molar-refractivity contribution in [3.05, 3.63) is 89.1 Å². The fourth-order valence-electron chi connectivity index (χ4n) is 3.70. The van der Waals surface area contributed by atoms with Gasteiger partial charge in [0.05, 0.1) is 24.9 Å². The Morgan fingerprint density at radius 1 is 1.08 bits per heavy atom. The van der Waals surface area contributed by atoms with Crippen molar-refractivity contribution in [1.29, 1.82) is 0 Å². The van der Waals surface area contributed by atoms with Gasteiger partial charge in [-0.3, -0.25) is 9.78 Å². The van der Waals surface area contributed by atoms with E-state index in [2.05, 4.69) is 20.1 Å². The van der Waals surface area contributed by atoms with Crippen molar-refractivity contribution in [2.75, 3.05) is 7.11 Å². The molecule has 2 aromatic heterocycles. The summed E-state index contributed by atoms with van der Waals surface area (Å²) in [4.78, 5) is 23.4. The van der Waals surface area contributed by atoms with Gasteiger partial charge in [0.2, 0.25) is 11.7 Å². The van der Waals surface area contributed by atoms with Crippen molar-refractivity contribution >= 4 is 17.5 Å². The molecule has 1 unspecified atom stereocenters. The Morgan fingerprint density at radius 3 is 2.42 bits per heavy atom. The molecule has 36 heavy (non-hydrogen) atoms. The highest BCUT2D eigenvalue weighted by molar-refractivity contribution is 6.26. The lowest BCUT2D eigenvalue weighted by atomic mass is 9.89. The van der Waals surface area contributed by atoms with Crippen LogP contribution in [-0.4, -0.2) is 37.7 Å². The molecule has 186 valence electrons. The molecule has 0 radical (unpaired) electrons. The normalized spacial score (nSPS) is 13.3. The van der Waals surface area contributed by atoms with E-state index in [4.69, 9.17) is 22.1 Å². The molecule has 0 aliphatic rings. The van der Waals surface area contributed by atoms with Crippen LogP contribution in [0.15, 0.2) is 61.2 Å². The first kappa shape index (κ1) is 25.1. The van der Waals surface area contributed by atoms with Crippen molar-refractivity contribution in [3.8, 4) is 17.3 Å². The lowest BCUT2D eigenvalue weighted by molar-refractivity contribution is -0.137. The summed E-state index contributed by atoms with van der Waals surface area (Å²) in [5, 5.41) is 4.46. The molecular formula is C24H20ClF3N6O2. The zero-order valence-electron chi connectivity index (χ0n) is 19.1. The number of methoxy groups -OCH3 is 1. The second-order valence-corrected chi connectivity index (χ2v) is 8.75. The molecule has 1 atom stereocenters. The Labute approximate surface area is 208 Å². The molecule has 2 N–H and O–H groups in total. The molecule has 0 aliphatic heterocycles. The number of primary amides is 1. The topological polar surface area (TPSA) is 109 Å². The number of carbonyl (C=O) groups excluding carboxylic acids is 1. The number of hydrogen-bond donors (Lipinski definition) is 1. The first-order chi connectivity index (χ1) is 17.0. The van der Waals surface area contributed by atoms with Gasteiger partial charge in [0.1, 0.15) is 22.6 Å². The van der Waals surface area contributed by atoms with Crippen LogP contribution < -0.4 is 10.5 Å². The average Bonchev–Trinajstić information content (AvgIpc) is 3.32. The second kappa shape index (κ2) is 9.57. The van der Waals surface area contributed by atoms with Crippen LogP contribution >= 0.6 is 11.6 Å². The third kappa shape index (κ3) is 5.01. The van der Waals surface area contributed by atoms with Crippen molar-refractivity contribution in [2.45, 2.75) is 24.5 Å². The van der Waals surface area contributed by atoms with E-state index in [0.29, 0.717) is 12.6 Å². The maximum absolute atomic E-state index is 13.2. The van der Waals surface area contributed by atoms with Gasteiger partial charge in [-0.25, -0.2) is 14.6 Å². The first-order valence-corrected chi connectivity index (χ1v) is 10.9. The largest absolute Gasteiger partial charge is 0.497 e. The maximum atomic E-state index is 13.2. The second-order valence-electron chi connectivity index (χ2n) is 7.99. The number of amides is 1. The average molecular weight is 517 g/mol. The number of nitrogens with two attached hydrogens (primary N) is 1. The summed E-state index contributed by atoms with van der Waals surface area (Å²) in [6.07, 6.45) is -0.361. The van der Waals surface area contributed by atoms with E-state index in [0.717, 1.165) is 23.4 Å². The Balaban J connectivity index is 1.72. The summed E-state index contributed by atoms with van der Waals surface area (Å²) in [5.41, 5.74) is 5.36. The number of nitrogens with zero attached hydrogens (tertiary/aromatic N) is 5. The monoisotopic (exact) mass is 516 g/mol. The number of carbonyl (C=O) groups is 1. The fraction of sp³-hybridized carbons (Fsp3) is 0.208. The molecule has 12 heteroatoms. The van der Waals surface area contributed by atoms with Crippen LogP contribution in [0.3, 0.4) is 0 Å². The van der Waals surface area contributed by atoms with Crippen molar-refractivity contribution in [2.24, 2.45) is 5.73 Å². The minimum Gasteiger partial charge on any atom is -0.497 e. The van der Waals surface area contributed by atoms with E-state index >= 15 is 0 Å². The van der Waals surface area contributed by atoms with Crippen LogP contribution in [0.5, 0.6) is 5.75 Å². The van der Waals surface area contributed by atoms with E-state index in [1.807, 2.05) is 24.3 Å². The zero-order valence-corrected chi connectivity index (χ0v) is 19.9. The van der Waals surface area contributed by atoms with Crippen LogP contribution in [0.2, 0.25) is 0 Å². The standard InChI is InChI=1S/C24H20ClF3N6O2/c1-23(25,18-8-5-15(24(26,27)28)11-17(18)21(29)35)20-19(30-9-10-31-20)22-32-13-34(33-22)12-14-3-6-16(36-2)7-4-14/h3-11,13H,12H2,1-2H3,(H2,29,35). The number of aromatic nitrogens is 5. The molecule has 2 heterocycles. The minimum atomic E-state index is -4.66. The van der Waals surface area contributed by atoms with Gasteiger partial charge in [-0.2, -0.15) is 13.2 Å². The van der Waals surface area contributed by atoms with Crippen molar-refractivity contribution < 1.29 is 22.7 Å². The van der Waals surface area contributed by atoms with E-state index < -0.39 is 22.5 Å². The molecule has 0 spiro atoms. The van der Waals surface area contributed by atoms with Gasteiger partial charge in [-0.1, -0.05) is 18.2 Å². The zero-order chi connectivity index (χ0) is 26.1. The Kier molecular flexibility index (Phi) is 6.68. The number of rotatable bonds is 7. The number of hydrogen-bond acceptors (Lipinski definition) is 6. The molecular weight excluding hydrogens is 497 g/mol.